The van der Waals surface area contributed by atoms with Gasteiger partial charge >= 0.3 is 0 Å². The van der Waals surface area contributed by atoms with E-state index < -0.39 is 16.8 Å². The summed E-state index contributed by atoms with van der Waals surface area (Å²) in [6.45, 7) is 24.7. The predicted molar refractivity (Wildman–Crippen MR) is 354 cm³/mol. The lowest BCUT2D eigenvalue weighted by Gasteiger charge is -2.56. The molecule has 0 radical (unpaired) electrons. The van der Waals surface area contributed by atoms with Crippen LogP contribution in [0.4, 0.5) is 0 Å². The maximum Gasteiger partial charge on any atom is 0.133 e. The standard InChI is InChI=1S/C20H34O3.C20H32O3.C20H32O2.C2H6.3CH3I.CH5P/c2*1-12(21)16-4-5-17-15-11-23-18-10-19(2,22)8-6-14(18)13(15)7-9-20(16,17)3;1-4-13-5-6-17-16-12-22-18-11-19(2,21)9-7-15(18)14(16)8-10-20(13,17)3;5*1-2/h12-18,21-22H,4-11H2,1-3H3;13-18,22H,4-11H2,1-3H3;4,14-18,21H,5-12H2,1-3H3;1-2H3;3*1H3;2H2,1H3/b;;13-4-;;;;;/t12-,13+,14+,15+,16+,17-,18-,19+,20+;13-,14-,15-,16-,17+,18+,19-,20-;14-,15-,16-,17+,18+,19-,20-;;;;;/m011...../s1/i;;;1D;;;;1D. The molecule has 0 aromatic rings. The largest absolute Gasteiger partial charge is 0.393 e. The van der Waals surface area contributed by atoms with Gasteiger partial charge in [-0.2, -0.15) is 0 Å². The molecule has 456 valence electrons. The molecule has 3 heterocycles. The van der Waals surface area contributed by atoms with Crippen LogP contribution in [0, 0.1) is 99.1 Å². The number of fused-ring (bicyclic) bond motifs is 15. The molecule has 0 amide bonds. The molecule has 0 spiro atoms. The smallest absolute Gasteiger partial charge is 0.133 e. The number of Topliss-reactive ketones (excluding diaryl/α,β-unsaturated/α-hetero) is 1. The highest BCUT2D eigenvalue weighted by atomic mass is 127. The van der Waals surface area contributed by atoms with E-state index in [1.807, 2.05) is 42.5 Å². The summed E-state index contributed by atoms with van der Waals surface area (Å²) < 4.78 is 31.3. The lowest BCUT2D eigenvalue weighted by molar-refractivity contribution is -0.185. The summed E-state index contributed by atoms with van der Waals surface area (Å²) in [7, 11) is 2.25. The normalized spacial score (nSPS) is 49.9. The van der Waals surface area contributed by atoms with Crippen molar-refractivity contribution in [1.82, 2.24) is 0 Å². The average molecular weight is 1450 g/mol. The first-order valence-corrected chi connectivity index (χ1v) is 38.5. The molecule has 12 heteroatoms. The third kappa shape index (κ3) is 14.7. The Bertz CT molecular complexity index is 1930. The molecule has 12 fully saturated rings. The van der Waals surface area contributed by atoms with Crippen molar-refractivity contribution in [3.8, 4) is 0 Å². The van der Waals surface area contributed by atoms with Crippen LogP contribution in [0.1, 0.15) is 214 Å². The summed E-state index contributed by atoms with van der Waals surface area (Å²) in [6.07, 6.45) is 27.0. The molecule has 0 aromatic carbocycles. The van der Waals surface area contributed by atoms with Crippen molar-refractivity contribution in [2.75, 3.05) is 41.3 Å². The van der Waals surface area contributed by atoms with Crippen LogP contribution in [0.15, 0.2) is 11.6 Å². The highest BCUT2D eigenvalue weighted by Gasteiger charge is 2.61. The van der Waals surface area contributed by atoms with Crippen LogP contribution < -0.4 is 0 Å². The summed E-state index contributed by atoms with van der Waals surface area (Å²) in [5.41, 5.74) is 1.13. The Morgan fingerprint density at radius 3 is 1.33 bits per heavy atom. The minimum atomic E-state index is -0.537. The van der Waals surface area contributed by atoms with Crippen LogP contribution >= 0.6 is 77.0 Å². The number of hydrogen-bond acceptors (Lipinski definition) is 8. The van der Waals surface area contributed by atoms with Gasteiger partial charge in [0, 0.05) is 27.9 Å². The van der Waals surface area contributed by atoms with Crippen LogP contribution in [-0.4, -0.2) is 109 Å². The quantitative estimate of drug-likeness (QED) is 0.0932. The van der Waals surface area contributed by atoms with E-state index in [0.29, 0.717) is 77.7 Å². The van der Waals surface area contributed by atoms with Gasteiger partial charge in [-0.3, -0.25) is 4.79 Å². The summed E-state index contributed by atoms with van der Waals surface area (Å²) >= 11 is 6.45. The van der Waals surface area contributed by atoms with Crippen molar-refractivity contribution in [1.29, 1.82) is 0 Å². The Morgan fingerprint density at radius 2 is 0.936 bits per heavy atom. The molecule has 12 aliphatic rings. The van der Waals surface area contributed by atoms with E-state index in [4.69, 9.17) is 17.0 Å². The fourth-order valence-electron chi connectivity index (χ4n) is 20.9. The molecule has 3 saturated heterocycles. The van der Waals surface area contributed by atoms with Crippen LogP contribution in [0.25, 0.3) is 0 Å². The number of ether oxygens (including phenoxy) is 3. The van der Waals surface area contributed by atoms with E-state index in [9.17, 15) is 25.2 Å². The zero-order valence-electron chi connectivity index (χ0n) is 53.5. The van der Waals surface area contributed by atoms with Gasteiger partial charge in [-0.25, -0.2) is 0 Å². The van der Waals surface area contributed by atoms with Crippen molar-refractivity contribution in [3.05, 3.63) is 11.6 Å². The van der Waals surface area contributed by atoms with Crippen molar-refractivity contribution >= 4 is 82.8 Å². The number of carbonyl (C=O) groups excluding carboxylic acids is 1. The van der Waals surface area contributed by atoms with Crippen molar-refractivity contribution in [2.45, 2.75) is 252 Å². The van der Waals surface area contributed by atoms with E-state index >= 15 is 0 Å². The summed E-state index contributed by atoms with van der Waals surface area (Å²) in [5.74, 6) is 9.85. The second-order valence-electron chi connectivity index (χ2n) is 28.2. The van der Waals surface area contributed by atoms with Gasteiger partial charge in [-0.1, -0.05) is 121 Å². The molecule has 25 atom stereocenters. The zero-order chi connectivity index (χ0) is 59.8. The number of rotatable bonds is 2. The van der Waals surface area contributed by atoms with Gasteiger partial charge in [0.2, 0.25) is 0 Å². The molecule has 9 aliphatic carbocycles. The topological polar surface area (TPSA) is 126 Å². The van der Waals surface area contributed by atoms with Gasteiger partial charge in [0.25, 0.3) is 0 Å². The number of aliphatic hydroxyl groups is 4. The first-order valence-electron chi connectivity index (χ1n) is 32.6. The second kappa shape index (κ2) is 30.1. The Kier molecular flexibility index (Phi) is 26.0. The van der Waals surface area contributed by atoms with Crippen molar-refractivity contribution < 1.29 is 42.2 Å². The molecule has 12 rings (SSSR count). The Hall–Kier alpha value is 1.75. The molecule has 8 nitrogen and oxygen atoms in total. The third-order valence-corrected chi connectivity index (χ3v) is 24.4. The first-order chi connectivity index (χ1) is 37.9. The highest BCUT2D eigenvalue weighted by molar-refractivity contribution is 14.1. The maximum absolute atomic E-state index is 12.1. The Labute approximate surface area is 524 Å². The summed E-state index contributed by atoms with van der Waals surface area (Å²) in [6, 6.07) is 0. The molecule has 0 aromatic heterocycles. The van der Waals surface area contributed by atoms with Crippen molar-refractivity contribution in [2.24, 2.45) is 99.1 Å². The van der Waals surface area contributed by atoms with Crippen LogP contribution in [0.2, 0.25) is 0 Å². The number of allylic oxidation sites excluding steroid dienone is 2. The maximum atomic E-state index is 12.1. The lowest BCUT2D eigenvalue weighted by atomic mass is 9.53. The van der Waals surface area contributed by atoms with E-state index in [2.05, 4.69) is 111 Å². The Balaban J connectivity index is 0.000000201. The SMILES string of the molecule is C/C=C1/CC[C@H]2[C@@H]3CO[C@H]4C[C@](C)(O)CC[C@@H]4[C@H]3CC[C@]12C.CC(=O)[C@H]1CC[C@H]2[C@@H]3CO[C@H]4C[C@](C)(O)CC[C@@H]4[C@H]3CC[C@]12C.CI.CI.CI.C[C@H](O)[C@H]1CC[C@H]2[C@@H]3CO[C@H]4C[C@](C)(O)CC[C@@H]4[C@H]3CC[C@]12C.[2H]CC.[2H]CP. The average Bonchev–Trinajstić information content (AvgIpc) is 4.12. The second-order valence-corrected chi connectivity index (χ2v) is 28.2. The van der Waals surface area contributed by atoms with Gasteiger partial charge in [-0.05, 0) is 265 Å². The van der Waals surface area contributed by atoms with E-state index in [0.717, 1.165) is 113 Å². The zero-order valence-corrected chi connectivity index (χ0v) is 59.1. The molecule has 9 saturated carbocycles. The summed E-state index contributed by atoms with van der Waals surface area (Å²) in [4.78, 5) is 18.0. The number of aliphatic hydroxyl groups excluding tert-OH is 1. The summed E-state index contributed by atoms with van der Waals surface area (Å²) in [5, 5.41) is 41.4. The molecule has 0 bridgehead atoms. The fraction of sp³-hybridized carbons (Fsp3) is 0.955. The van der Waals surface area contributed by atoms with Crippen LogP contribution in [-0.2, 0) is 19.0 Å². The first kappa shape index (κ1) is 67.3. The van der Waals surface area contributed by atoms with Gasteiger partial charge < -0.3 is 34.6 Å². The number of carbonyl (C=O) groups is 1. The van der Waals surface area contributed by atoms with Gasteiger partial charge in [0.1, 0.15) is 5.78 Å². The number of halogens is 3. The predicted octanol–water partition coefficient (Wildman–Crippen LogP) is 16.0. The molecule has 1 unspecified atom stereocenters. The van der Waals surface area contributed by atoms with Crippen molar-refractivity contribution in [3.63, 3.8) is 0 Å². The van der Waals surface area contributed by atoms with E-state index in [1.165, 1.54) is 77.0 Å². The monoisotopic (exact) mass is 1450 g/mol. The van der Waals surface area contributed by atoms with Gasteiger partial charge in [-0.15, -0.1) is 9.24 Å². The van der Waals surface area contributed by atoms with Gasteiger partial charge in [0.15, 0.2) is 0 Å². The minimum absolute atomic E-state index is 0.177. The van der Waals surface area contributed by atoms with Gasteiger partial charge in [0.05, 0.1) is 61.0 Å². The van der Waals surface area contributed by atoms with E-state index in [-0.39, 0.29) is 29.6 Å². The lowest BCUT2D eigenvalue weighted by Crippen LogP contribution is -2.55. The fourth-order valence-corrected chi connectivity index (χ4v) is 20.9. The van der Waals surface area contributed by atoms with Crippen LogP contribution in [0.5, 0.6) is 0 Å². The van der Waals surface area contributed by atoms with E-state index in [1.54, 1.807) is 19.4 Å². The number of alkyl halides is 3. The molecular formula is C66H118I3O8P. The molecule has 4 N–H and O–H groups in total. The third-order valence-electron chi connectivity index (χ3n) is 24.4. The highest BCUT2D eigenvalue weighted by Crippen LogP contribution is 2.66. The number of hydrogen-bond donors (Lipinski definition) is 4. The van der Waals surface area contributed by atoms with Crippen LogP contribution in [0.3, 0.4) is 0 Å². The minimum Gasteiger partial charge on any atom is -0.393 e. The molecular weight excluding hydrogens is 1330 g/mol. The Morgan fingerprint density at radius 1 is 0.577 bits per heavy atom. The molecule has 3 aliphatic heterocycles. The number of ketones is 1. The molecule has 78 heavy (non-hydrogen) atoms.